The maximum Gasteiger partial charge on any atom is 0.0349 e. The molecule has 0 bridgehead atoms. The molecule has 0 aliphatic carbocycles. The molecule has 0 spiro atoms. The summed E-state index contributed by atoms with van der Waals surface area (Å²) in [5.74, 6) is 0. The molecular formula is C25H16S. The van der Waals surface area contributed by atoms with E-state index < -0.39 is 0 Å². The van der Waals surface area contributed by atoms with E-state index in [0.29, 0.717) is 0 Å². The maximum absolute atomic E-state index is 2.31. The highest BCUT2D eigenvalue weighted by Gasteiger charge is 2.14. The average molecular weight is 348 g/mol. The van der Waals surface area contributed by atoms with Crippen LogP contribution in [0.4, 0.5) is 0 Å². The van der Waals surface area contributed by atoms with Crippen LogP contribution in [0.15, 0.2) is 78.2 Å². The molecule has 0 unspecified atom stereocenters. The zero-order valence-electron chi connectivity index (χ0n) is 14.4. The van der Waals surface area contributed by atoms with E-state index in [1.54, 1.807) is 0 Å². The summed E-state index contributed by atoms with van der Waals surface area (Å²) in [6, 6.07) is 26.9. The monoisotopic (exact) mass is 348 g/mol. The molecule has 0 aliphatic rings. The van der Waals surface area contributed by atoms with Gasteiger partial charge < -0.3 is 0 Å². The highest BCUT2D eigenvalue weighted by atomic mass is 32.1. The molecule has 6 aromatic rings. The predicted octanol–water partition coefficient (Wildman–Crippen LogP) is 7.77. The highest BCUT2D eigenvalue weighted by molar-refractivity contribution is 7.17. The molecule has 0 fully saturated rings. The van der Waals surface area contributed by atoms with Crippen LogP contribution in [0.5, 0.6) is 0 Å². The van der Waals surface area contributed by atoms with Crippen molar-refractivity contribution in [2.24, 2.45) is 0 Å². The molecule has 1 heteroatoms. The SMILES string of the molecule is Cc1ccc2ccc3c(-c4csc5ccccc45)ccc4ccc1c2c43. The third kappa shape index (κ3) is 1.79. The fourth-order valence-electron chi connectivity index (χ4n) is 4.37. The van der Waals surface area contributed by atoms with Crippen LogP contribution >= 0.6 is 11.3 Å². The zero-order valence-corrected chi connectivity index (χ0v) is 15.2. The quantitative estimate of drug-likeness (QED) is 0.266. The fourth-order valence-corrected chi connectivity index (χ4v) is 5.33. The first-order valence-electron chi connectivity index (χ1n) is 8.95. The molecule has 6 rings (SSSR count). The molecule has 0 saturated heterocycles. The van der Waals surface area contributed by atoms with E-state index in [1.807, 2.05) is 11.3 Å². The molecule has 0 nitrogen and oxygen atoms in total. The van der Waals surface area contributed by atoms with Gasteiger partial charge in [0.15, 0.2) is 0 Å². The van der Waals surface area contributed by atoms with E-state index in [0.717, 1.165) is 0 Å². The standard InChI is InChI=1S/C25H16S/c1-15-6-7-16-10-13-21-19(22-14-26-23-5-3-2-4-20(22)23)12-9-17-8-11-18(15)24(16)25(17)21/h2-14H,1H3. The Labute approximate surface area is 155 Å². The van der Waals surface area contributed by atoms with Crippen LogP contribution in [0.1, 0.15) is 5.56 Å². The van der Waals surface area contributed by atoms with Crippen molar-refractivity contribution in [1.29, 1.82) is 0 Å². The minimum Gasteiger partial charge on any atom is -0.143 e. The summed E-state index contributed by atoms with van der Waals surface area (Å²) in [6.07, 6.45) is 0. The van der Waals surface area contributed by atoms with Gasteiger partial charge in [-0.3, -0.25) is 0 Å². The Kier molecular flexibility index (Phi) is 2.78. The van der Waals surface area contributed by atoms with Crippen molar-refractivity contribution in [1.82, 2.24) is 0 Å². The second-order valence-corrected chi connectivity index (χ2v) is 7.97. The molecule has 0 atom stereocenters. The van der Waals surface area contributed by atoms with E-state index >= 15 is 0 Å². The average Bonchev–Trinajstić information content (AvgIpc) is 3.11. The summed E-state index contributed by atoms with van der Waals surface area (Å²) < 4.78 is 1.35. The van der Waals surface area contributed by atoms with Gasteiger partial charge in [0.2, 0.25) is 0 Å². The molecule has 0 aliphatic heterocycles. The van der Waals surface area contributed by atoms with E-state index in [-0.39, 0.29) is 0 Å². The van der Waals surface area contributed by atoms with Crippen LogP contribution in [0.25, 0.3) is 53.5 Å². The normalized spacial score (nSPS) is 12.0. The Morgan fingerprint density at radius 2 is 1.27 bits per heavy atom. The molecule has 1 heterocycles. The number of benzene rings is 5. The second kappa shape index (κ2) is 5.06. The predicted molar refractivity (Wildman–Crippen MR) is 116 cm³/mol. The van der Waals surface area contributed by atoms with Gasteiger partial charge in [0.25, 0.3) is 0 Å². The minimum atomic E-state index is 1.33. The number of fused-ring (bicyclic) bond motifs is 1. The minimum absolute atomic E-state index is 1.33. The molecule has 5 aromatic carbocycles. The topological polar surface area (TPSA) is 0 Å². The molecule has 1 aromatic heterocycles. The van der Waals surface area contributed by atoms with E-state index in [2.05, 4.69) is 85.1 Å². The van der Waals surface area contributed by atoms with Gasteiger partial charge in [-0.2, -0.15) is 0 Å². The van der Waals surface area contributed by atoms with Gasteiger partial charge in [0, 0.05) is 15.6 Å². The maximum atomic E-state index is 2.31. The summed E-state index contributed by atoms with van der Waals surface area (Å²) in [7, 11) is 0. The molecule has 0 N–H and O–H groups in total. The Morgan fingerprint density at radius 3 is 2.15 bits per heavy atom. The number of hydrogen-bond acceptors (Lipinski definition) is 1. The first-order valence-corrected chi connectivity index (χ1v) is 9.83. The number of hydrogen-bond donors (Lipinski definition) is 0. The first-order chi connectivity index (χ1) is 12.8. The van der Waals surface area contributed by atoms with Gasteiger partial charge in [0.1, 0.15) is 0 Å². The van der Waals surface area contributed by atoms with Crippen LogP contribution in [-0.4, -0.2) is 0 Å². The lowest BCUT2D eigenvalue weighted by Crippen LogP contribution is -1.88. The lowest BCUT2D eigenvalue weighted by atomic mass is 9.88. The number of aryl methyl sites for hydroxylation is 1. The summed E-state index contributed by atoms with van der Waals surface area (Å²) in [5.41, 5.74) is 4.03. The Hall–Kier alpha value is -2.90. The van der Waals surface area contributed by atoms with Crippen molar-refractivity contribution in [2.45, 2.75) is 6.92 Å². The van der Waals surface area contributed by atoms with Crippen molar-refractivity contribution in [3.63, 3.8) is 0 Å². The number of thiophene rings is 1. The van der Waals surface area contributed by atoms with Gasteiger partial charge in [-0.1, -0.05) is 66.7 Å². The third-order valence-corrected chi connectivity index (χ3v) is 6.62. The van der Waals surface area contributed by atoms with Crippen LogP contribution in [0, 0.1) is 6.92 Å². The van der Waals surface area contributed by atoms with Crippen molar-refractivity contribution in [3.8, 4) is 11.1 Å². The summed E-state index contributed by atoms with van der Waals surface area (Å²) >= 11 is 1.83. The summed E-state index contributed by atoms with van der Waals surface area (Å²) in [5, 5.41) is 11.8. The van der Waals surface area contributed by atoms with Gasteiger partial charge >= 0.3 is 0 Å². The molecule has 0 saturated carbocycles. The fraction of sp³-hybridized carbons (Fsp3) is 0.0400. The smallest absolute Gasteiger partial charge is 0.0349 e. The lowest BCUT2D eigenvalue weighted by molar-refractivity contribution is 1.55. The summed E-state index contributed by atoms with van der Waals surface area (Å²) in [4.78, 5) is 0. The molecule has 0 radical (unpaired) electrons. The van der Waals surface area contributed by atoms with Gasteiger partial charge in [-0.15, -0.1) is 11.3 Å². The molecular weight excluding hydrogens is 332 g/mol. The van der Waals surface area contributed by atoms with Crippen LogP contribution < -0.4 is 0 Å². The van der Waals surface area contributed by atoms with E-state index in [1.165, 1.54) is 59.1 Å². The van der Waals surface area contributed by atoms with Crippen LogP contribution in [0.3, 0.4) is 0 Å². The van der Waals surface area contributed by atoms with Crippen LogP contribution in [0.2, 0.25) is 0 Å². The first kappa shape index (κ1) is 14.3. The van der Waals surface area contributed by atoms with Crippen LogP contribution in [-0.2, 0) is 0 Å². The Balaban J connectivity index is 1.82. The van der Waals surface area contributed by atoms with E-state index in [4.69, 9.17) is 0 Å². The lowest BCUT2D eigenvalue weighted by Gasteiger charge is -2.15. The Morgan fingerprint density at radius 1 is 0.577 bits per heavy atom. The second-order valence-electron chi connectivity index (χ2n) is 7.06. The Bertz CT molecular complexity index is 1440. The highest BCUT2D eigenvalue weighted by Crippen LogP contribution is 2.42. The van der Waals surface area contributed by atoms with Gasteiger partial charge in [-0.25, -0.2) is 0 Å². The van der Waals surface area contributed by atoms with Crippen molar-refractivity contribution < 1.29 is 0 Å². The molecule has 26 heavy (non-hydrogen) atoms. The number of rotatable bonds is 1. The zero-order chi connectivity index (χ0) is 17.3. The van der Waals surface area contributed by atoms with Crippen molar-refractivity contribution in [3.05, 3.63) is 83.7 Å². The third-order valence-electron chi connectivity index (χ3n) is 5.65. The molecule has 122 valence electrons. The summed E-state index contributed by atoms with van der Waals surface area (Å²) in [6.45, 7) is 2.21. The molecule has 0 amide bonds. The van der Waals surface area contributed by atoms with Crippen molar-refractivity contribution in [2.75, 3.05) is 0 Å². The van der Waals surface area contributed by atoms with E-state index in [9.17, 15) is 0 Å². The van der Waals surface area contributed by atoms with Gasteiger partial charge in [-0.05, 0) is 61.8 Å². The van der Waals surface area contributed by atoms with Gasteiger partial charge in [0.05, 0.1) is 0 Å². The largest absolute Gasteiger partial charge is 0.143 e. The van der Waals surface area contributed by atoms with Crippen molar-refractivity contribution >= 4 is 53.7 Å².